The number of alkyl halides is 2. The van der Waals surface area contributed by atoms with E-state index < -0.39 is 0 Å². The van der Waals surface area contributed by atoms with Crippen LogP contribution in [-0.4, -0.2) is 18.0 Å². The molecule has 2 aromatic carbocycles. The van der Waals surface area contributed by atoms with Crippen LogP contribution in [0, 0.1) is 11.3 Å². The van der Waals surface area contributed by atoms with Crippen LogP contribution >= 0.6 is 23.2 Å². The maximum atomic E-state index is 7.32. The number of nitriles is 1. The van der Waals surface area contributed by atoms with Crippen molar-refractivity contribution >= 4 is 23.2 Å². The van der Waals surface area contributed by atoms with Crippen molar-refractivity contribution in [1.82, 2.24) is 4.90 Å². The molecule has 0 spiro atoms. The lowest BCUT2D eigenvalue weighted by atomic mass is 9.71. The summed E-state index contributed by atoms with van der Waals surface area (Å²) in [4.78, 5) is 2.18. The molecule has 1 unspecified atom stereocenters. The smallest absolute Gasteiger partial charge is 0.0697 e. The highest BCUT2D eigenvalue weighted by Crippen LogP contribution is 2.53. The Morgan fingerprint density at radius 1 is 0.939 bits per heavy atom. The molecule has 1 atom stereocenters. The summed E-state index contributed by atoms with van der Waals surface area (Å²) in [5, 5.41) is 7.32. The monoisotopic (exact) mass is 484 g/mol. The van der Waals surface area contributed by atoms with Crippen molar-refractivity contribution in [2.75, 3.05) is 7.05 Å². The van der Waals surface area contributed by atoms with E-state index in [0.29, 0.717) is 6.04 Å². The molecule has 2 aliphatic rings. The van der Waals surface area contributed by atoms with E-state index in [9.17, 15) is 0 Å². The number of hydrogen-bond acceptors (Lipinski definition) is 2. The summed E-state index contributed by atoms with van der Waals surface area (Å²) in [6, 6.07) is 19.8. The molecule has 2 saturated carbocycles. The van der Waals surface area contributed by atoms with E-state index in [1.807, 2.05) is 0 Å². The Kier molecular flexibility index (Phi) is 9.28. The zero-order chi connectivity index (χ0) is 23.9. The molecule has 2 aliphatic carbocycles. The molecule has 0 aliphatic heterocycles. The van der Waals surface area contributed by atoms with Gasteiger partial charge in [0.15, 0.2) is 0 Å². The Morgan fingerprint density at radius 3 is 1.88 bits per heavy atom. The Labute approximate surface area is 210 Å². The van der Waals surface area contributed by atoms with Crippen LogP contribution in [0.3, 0.4) is 0 Å². The molecular formula is C29H38Cl2N2. The second-order valence-corrected chi connectivity index (χ2v) is 11.1. The van der Waals surface area contributed by atoms with E-state index >= 15 is 0 Å². The molecule has 0 bridgehead atoms. The summed E-state index contributed by atoms with van der Waals surface area (Å²) in [5.74, 6) is 0. The van der Waals surface area contributed by atoms with Gasteiger partial charge >= 0.3 is 0 Å². The van der Waals surface area contributed by atoms with Gasteiger partial charge in [-0.1, -0.05) is 55.5 Å². The molecule has 0 aromatic heterocycles. The average molecular weight is 486 g/mol. The van der Waals surface area contributed by atoms with Crippen molar-refractivity contribution in [3.63, 3.8) is 0 Å². The zero-order valence-corrected chi connectivity index (χ0v) is 21.9. The van der Waals surface area contributed by atoms with Crippen LogP contribution in [0.25, 0.3) is 0 Å². The molecule has 4 heteroatoms. The third-order valence-corrected chi connectivity index (χ3v) is 8.69. The van der Waals surface area contributed by atoms with Gasteiger partial charge in [0.1, 0.15) is 0 Å². The van der Waals surface area contributed by atoms with Gasteiger partial charge in [-0.25, -0.2) is 0 Å². The normalized spacial score (nSPS) is 18.8. The topological polar surface area (TPSA) is 27.0 Å². The van der Waals surface area contributed by atoms with Gasteiger partial charge in [0.05, 0.1) is 15.8 Å². The van der Waals surface area contributed by atoms with Crippen molar-refractivity contribution in [3.8, 4) is 6.07 Å². The SMILES string of the molecule is CC#N.CCC(CCc1c(C2(Cl)CCC2)cccc1C1(Cl)CCC1)N(C)Cc1ccccc1. The van der Waals surface area contributed by atoms with Crippen LogP contribution in [-0.2, 0) is 22.7 Å². The maximum Gasteiger partial charge on any atom is 0.0697 e. The van der Waals surface area contributed by atoms with Crippen molar-refractivity contribution in [3.05, 3.63) is 70.8 Å². The molecule has 0 N–H and O–H groups in total. The fraction of sp³-hybridized carbons (Fsp3) is 0.552. The molecule has 2 nitrogen and oxygen atoms in total. The molecule has 2 aromatic rings. The molecule has 178 valence electrons. The van der Waals surface area contributed by atoms with Crippen LogP contribution in [0.1, 0.15) is 87.5 Å². The summed E-state index contributed by atoms with van der Waals surface area (Å²) in [6.07, 6.45) is 10.2. The van der Waals surface area contributed by atoms with Crippen molar-refractivity contribution < 1.29 is 0 Å². The minimum absolute atomic E-state index is 0.167. The van der Waals surface area contributed by atoms with E-state index in [0.717, 1.165) is 51.5 Å². The van der Waals surface area contributed by atoms with Gasteiger partial charge in [0, 0.05) is 19.5 Å². The molecule has 2 fully saturated rings. The molecule has 33 heavy (non-hydrogen) atoms. The predicted octanol–water partition coefficient (Wildman–Crippen LogP) is 8.30. The van der Waals surface area contributed by atoms with Gasteiger partial charge in [-0.2, -0.15) is 5.26 Å². The van der Waals surface area contributed by atoms with Gasteiger partial charge < -0.3 is 0 Å². The van der Waals surface area contributed by atoms with E-state index in [-0.39, 0.29) is 9.75 Å². The van der Waals surface area contributed by atoms with Crippen molar-refractivity contribution in [1.29, 1.82) is 5.26 Å². The minimum Gasteiger partial charge on any atom is -0.299 e. The van der Waals surface area contributed by atoms with Crippen molar-refractivity contribution in [2.24, 2.45) is 0 Å². The summed E-state index contributed by atoms with van der Waals surface area (Å²) >= 11 is 14.2. The fourth-order valence-corrected chi connectivity index (χ4v) is 6.15. The standard InChI is InChI=1S/C27H35Cl2N.C2H3N/c1-3-22(30(2)20-21-10-5-4-6-11-21)14-15-23-24(26(28)16-8-17-26)12-7-13-25(23)27(29)18-9-19-27;1-2-3/h4-7,10-13,22H,3,8-9,14-20H2,1-2H3;1H3. The second-order valence-electron chi connectivity index (χ2n) is 9.69. The number of hydrogen-bond donors (Lipinski definition) is 0. The van der Waals surface area contributed by atoms with Gasteiger partial charge in [-0.05, 0) is 87.1 Å². The summed E-state index contributed by atoms with van der Waals surface area (Å²) in [6.45, 7) is 4.73. The first-order valence-electron chi connectivity index (χ1n) is 12.4. The Bertz CT molecular complexity index is 888. The Morgan fingerprint density at radius 2 is 1.45 bits per heavy atom. The van der Waals surface area contributed by atoms with Crippen LogP contribution in [0.5, 0.6) is 0 Å². The summed E-state index contributed by atoms with van der Waals surface area (Å²) in [7, 11) is 2.26. The van der Waals surface area contributed by atoms with Crippen LogP contribution < -0.4 is 0 Å². The molecule has 0 radical (unpaired) electrons. The van der Waals surface area contributed by atoms with E-state index in [1.165, 1.54) is 42.0 Å². The molecular weight excluding hydrogens is 447 g/mol. The molecule has 4 rings (SSSR count). The van der Waals surface area contributed by atoms with E-state index in [1.54, 1.807) is 6.07 Å². The average Bonchev–Trinajstić information content (AvgIpc) is 2.77. The van der Waals surface area contributed by atoms with Crippen LogP contribution in [0.4, 0.5) is 0 Å². The number of rotatable bonds is 9. The Hall–Kier alpha value is -1.53. The first-order valence-corrected chi connectivity index (χ1v) is 13.2. The first kappa shape index (κ1) is 26.1. The van der Waals surface area contributed by atoms with Gasteiger partial charge in [0.25, 0.3) is 0 Å². The van der Waals surface area contributed by atoms with Gasteiger partial charge in [0.2, 0.25) is 0 Å². The summed E-state index contributed by atoms with van der Waals surface area (Å²) in [5.41, 5.74) is 5.55. The van der Waals surface area contributed by atoms with Crippen molar-refractivity contribution in [2.45, 2.75) is 94.0 Å². The van der Waals surface area contributed by atoms with E-state index in [4.69, 9.17) is 28.5 Å². The van der Waals surface area contributed by atoms with Gasteiger partial charge in [-0.3, -0.25) is 4.90 Å². The Balaban J connectivity index is 0.000000968. The lowest BCUT2D eigenvalue weighted by Crippen LogP contribution is -2.35. The minimum atomic E-state index is -0.167. The zero-order valence-electron chi connectivity index (χ0n) is 20.4. The molecule has 0 amide bonds. The third-order valence-electron chi connectivity index (χ3n) is 7.53. The second kappa shape index (κ2) is 11.7. The lowest BCUT2D eigenvalue weighted by Gasteiger charge is -2.42. The highest BCUT2D eigenvalue weighted by Gasteiger charge is 2.43. The number of halogens is 2. The predicted molar refractivity (Wildman–Crippen MR) is 141 cm³/mol. The van der Waals surface area contributed by atoms with Gasteiger partial charge in [-0.15, -0.1) is 23.2 Å². The molecule has 0 heterocycles. The number of nitrogens with zero attached hydrogens (tertiary/aromatic N) is 2. The molecule has 0 saturated heterocycles. The third kappa shape index (κ3) is 6.13. The highest BCUT2D eigenvalue weighted by atomic mass is 35.5. The summed E-state index contributed by atoms with van der Waals surface area (Å²) < 4.78 is 0. The quantitative estimate of drug-likeness (QED) is 0.334. The highest BCUT2D eigenvalue weighted by molar-refractivity contribution is 6.25. The van der Waals surface area contributed by atoms with E-state index in [2.05, 4.69) is 67.4 Å². The first-order chi connectivity index (χ1) is 15.9. The maximum absolute atomic E-state index is 7.32. The largest absolute Gasteiger partial charge is 0.299 e. The fourth-order valence-electron chi connectivity index (χ4n) is 5.26. The van der Waals surface area contributed by atoms with Crippen LogP contribution in [0.2, 0.25) is 0 Å². The lowest BCUT2D eigenvalue weighted by molar-refractivity contribution is 0.215. The van der Waals surface area contributed by atoms with Crippen LogP contribution in [0.15, 0.2) is 48.5 Å². The number of benzene rings is 2.